The van der Waals surface area contributed by atoms with Crippen molar-refractivity contribution in [3.05, 3.63) is 123 Å². The van der Waals surface area contributed by atoms with Gasteiger partial charge in [0.1, 0.15) is 22.8 Å². The molecule has 1 N–H and O–H groups in total. The van der Waals surface area contributed by atoms with Gasteiger partial charge in [-0.2, -0.15) is 5.10 Å². The molecule has 61 heavy (non-hydrogen) atoms. The zero-order chi connectivity index (χ0) is 42.2. The monoisotopic (exact) mass is 911 g/mol. The van der Waals surface area contributed by atoms with Crippen molar-refractivity contribution in [3.63, 3.8) is 0 Å². The molecule has 6 atom stereocenters. The molecule has 3 fully saturated rings. The Morgan fingerprint density at radius 3 is 2.49 bits per heavy atom. The van der Waals surface area contributed by atoms with Gasteiger partial charge in [-0.05, 0) is 116 Å². The lowest BCUT2D eigenvalue weighted by molar-refractivity contribution is -0.131. The molecule has 11 nitrogen and oxygen atoms in total. The van der Waals surface area contributed by atoms with Crippen LogP contribution in [0.4, 0.5) is 11.5 Å². The minimum Gasteiger partial charge on any atom is -0.508 e. The highest BCUT2D eigenvalue weighted by Crippen LogP contribution is 2.64. The van der Waals surface area contributed by atoms with E-state index < -0.39 is 46.8 Å². The number of para-hydroxylation sites is 2. The van der Waals surface area contributed by atoms with Crippen LogP contribution < -0.4 is 9.80 Å². The molecule has 2 aliphatic carbocycles. The van der Waals surface area contributed by atoms with Gasteiger partial charge in [-0.25, -0.2) is 9.88 Å². The van der Waals surface area contributed by atoms with Crippen molar-refractivity contribution >= 4 is 95.2 Å². The van der Waals surface area contributed by atoms with Crippen molar-refractivity contribution in [1.82, 2.24) is 14.8 Å². The lowest BCUT2D eigenvalue weighted by Gasteiger charge is -2.49. The average Bonchev–Trinajstić information content (AvgIpc) is 4.03. The van der Waals surface area contributed by atoms with Crippen molar-refractivity contribution in [2.75, 3.05) is 9.80 Å². The van der Waals surface area contributed by atoms with Crippen LogP contribution in [-0.4, -0.2) is 43.5 Å². The molecule has 11 rings (SSSR count). The van der Waals surface area contributed by atoms with Crippen molar-refractivity contribution in [1.29, 1.82) is 0 Å². The predicted octanol–water partition coefficient (Wildman–Crippen LogP) is 9.98. The maximum Gasteiger partial charge on any atom is 0.242 e. The SMILES string of the molecule is Cc1c(-c2cc(N3C(=O)C4CC5C(=CCC6C(=O)N(c7ccc(-c8nc9ccccc9o8)cc7)C(=O)C65)C(c5cc(Br)ccc5O)C4(C)C3=O)n(C)n2)sc2ccc(Cl)cc12. The van der Waals surface area contributed by atoms with Crippen LogP contribution in [0.1, 0.15) is 36.8 Å². The first-order chi connectivity index (χ1) is 29.3. The molecule has 4 aliphatic rings. The van der Waals surface area contributed by atoms with Crippen LogP contribution in [0.15, 0.2) is 112 Å². The number of carbonyl (C=O) groups excluding carboxylic acids is 4. The molecule has 1 saturated carbocycles. The van der Waals surface area contributed by atoms with E-state index in [1.165, 1.54) is 9.80 Å². The quantitative estimate of drug-likeness (QED) is 0.133. The summed E-state index contributed by atoms with van der Waals surface area (Å²) < 4.78 is 9.23. The normalized spacial score (nSPS) is 24.8. The molecule has 0 radical (unpaired) electrons. The van der Waals surface area contributed by atoms with Gasteiger partial charge in [0, 0.05) is 44.4 Å². The van der Waals surface area contributed by atoms with E-state index >= 15 is 9.59 Å². The first-order valence-corrected chi connectivity index (χ1v) is 22.0. The van der Waals surface area contributed by atoms with Crippen LogP contribution in [0.3, 0.4) is 0 Å². The maximum atomic E-state index is 15.2. The number of hydrogen-bond acceptors (Lipinski definition) is 9. The molecule has 2 aliphatic heterocycles. The Labute approximate surface area is 366 Å². The lowest BCUT2D eigenvalue weighted by atomic mass is 9.51. The summed E-state index contributed by atoms with van der Waals surface area (Å²) in [4.78, 5) is 67.3. The van der Waals surface area contributed by atoms with Gasteiger partial charge in [0.2, 0.25) is 29.5 Å². The minimum absolute atomic E-state index is 0.0341. The fourth-order valence-electron chi connectivity index (χ4n) is 10.6. The number of fused-ring (bicyclic) bond motifs is 6. The van der Waals surface area contributed by atoms with E-state index in [0.717, 1.165) is 31.6 Å². The molecule has 3 aromatic heterocycles. The third kappa shape index (κ3) is 5.46. The zero-order valence-electron chi connectivity index (χ0n) is 32.9. The van der Waals surface area contributed by atoms with E-state index in [1.54, 1.807) is 78.5 Å². The first kappa shape index (κ1) is 38.1. The van der Waals surface area contributed by atoms with Gasteiger partial charge in [0.15, 0.2) is 5.58 Å². The number of carbonyl (C=O) groups is 4. The Hall–Kier alpha value is -5.89. The number of aryl methyl sites for hydroxylation is 2. The maximum absolute atomic E-state index is 15.2. The van der Waals surface area contributed by atoms with Crippen molar-refractivity contribution < 1.29 is 28.7 Å². The van der Waals surface area contributed by atoms with Crippen molar-refractivity contribution in [2.24, 2.45) is 36.1 Å². The second-order valence-corrected chi connectivity index (χ2v) is 19.0. The van der Waals surface area contributed by atoms with Gasteiger partial charge in [-0.15, -0.1) is 11.3 Å². The van der Waals surface area contributed by atoms with Gasteiger partial charge in [-0.1, -0.05) is 51.3 Å². The number of thiophene rings is 1. The number of amides is 4. The number of aromatic hydroxyl groups is 1. The van der Waals surface area contributed by atoms with Crippen molar-refractivity contribution in [3.8, 4) is 27.8 Å². The summed E-state index contributed by atoms with van der Waals surface area (Å²) in [5.74, 6) is -4.47. The summed E-state index contributed by atoms with van der Waals surface area (Å²) in [5.41, 5.74) is 3.99. The van der Waals surface area contributed by atoms with E-state index in [1.807, 2.05) is 55.5 Å². The predicted molar refractivity (Wildman–Crippen MR) is 236 cm³/mol. The highest BCUT2D eigenvalue weighted by atomic mass is 79.9. The van der Waals surface area contributed by atoms with E-state index in [4.69, 9.17) is 21.1 Å². The number of imide groups is 2. The number of halogens is 2. The summed E-state index contributed by atoms with van der Waals surface area (Å²) in [6, 6.07) is 27.0. The van der Waals surface area contributed by atoms with Crippen molar-refractivity contribution in [2.45, 2.75) is 32.6 Å². The Bertz CT molecular complexity index is 3080. The number of anilines is 2. The second-order valence-electron chi connectivity index (χ2n) is 16.6. The summed E-state index contributed by atoms with van der Waals surface area (Å²) >= 11 is 11.5. The largest absolute Gasteiger partial charge is 0.508 e. The summed E-state index contributed by atoms with van der Waals surface area (Å²) in [5, 5.41) is 18.0. The zero-order valence-corrected chi connectivity index (χ0v) is 36.1. The molecule has 304 valence electrons. The van der Waals surface area contributed by atoms with Crippen LogP contribution >= 0.6 is 38.9 Å². The van der Waals surface area contributed by atoms with Crippen LogP contribution in [0, 0.1) is 36.0 Å². The first-order valence-electron chi connectivity index (χ1n) is 20.0. The number of nitrogens with zero attached hydrogens (tertiary/aromatic N) is 5. The summed E-state index contributed by atoms with van der Waals surface area (Å²) in [6.07, 6.45) is 2.41. The Balaban J connectivity index is 0.971. The standard InChI is InChI=1S/C47H35BrClN5O6S/c1-22-29-19-25(49)11-17-37(29)61-41(22)34-21-38(52(3)51-34)54-44(57)32-20-30-27(40(47(32,2)46(54)59)31-18-24(48)10-16-35(31)55)14-15-28-39(30)45(58)53(43(28)56)26-12-8-23(9-13-26)42-50-33-6-4-5-7-36(33)60-42/h4-14,16-19,21,28,30,32,39-40,55H,15,20H2,1-3H3. The Morgan fingerprint density at radius 2 is 1.70 bits per heavy atom. The molecule has 2 saturated heterocycles. The summed E-state index contributed by atoms with van der Waals surface area (Å²) in [6.45, 7) is 3.80. The molecule has 0 bridgehead atoms. The van der Waals surface area contributed by atoms with Gasteiger partial charge < -0.3 is 9.52 Å². The van der Waals surface area contributed by atoms with Crippen LogP contribution in [0.25, 0.3) is 43.2 Å². The van der Waals surface area contributed by atoms with Crippen LogP contribution in [0.2, 0.25) is 5.02 Å². The van der Waals surface area contributed by atoms with E-state index in [-0.39, 0.29) is 30.4 Å². The molecule has 7 aromatic rings. The number of hydrogen-bond donors (Lipinski definition) is 1. The van der Waals surface area contributed by atoms with Gasteiger partial charge in [0.25, 0.3) is 0 Å². The molecule has 0 spiro atoms. The average molecular weight is 913 g/mol. The molecule has 14 heteroatoms. The number of oxazole rings is 1. The van der Waals surface area contributed by atoms with Gasteiger partial charge >= 0.3 is 0 Å². The Kier molecular flexibility index (Phi) is 8.46. The van der Waals surface area contributed by atoms with Crippen LogP contribution in [-0.2, 0) is 26.2 Å². The number of benzene rings is 4. The molecule has 6 unspecified atom stereocenters. The summed E-state index contributed by atoms with van der Waals surface area (Å²) in [7, 11) is 1.71. The number of phenolic OH excluding ortho intramolecular Hbond substituents is 1. The molecular weight excluding hydrogens is 878 g/mol. The highest BCUT2D eigenvalue weighted by molar-refractivity contribution is 9.10. The lowest BCUT2D eigenvalue weighted by Crippen LogP contribution is -2.49. The molecular formula is C47H35BrClN5O6S. The van der Waals surface area contributed by atoms with Crippen LogP contribution in [0.5, 0.6) is 5.75 Å². The number of rotatable bonds is 5. The highest BCUT2D eigenvalue weighted by Gasteiger charge is 2.68. The minimum atomic E-state index is -1.36. The number of aromatic nitrogens is 3. The van der Waals surface area contributed by atoms with E-state index in [0.29, 0.717) is 49.3 Å². The number of phenols is 1. The van der Waals surface area contributed by atoms with E-state index in [9.17, 15) is 14.7 Å². The molecule has 5 heterocycles. The smallest absolute Gasteiger partial charge is 0.242 e. The fraction of sp³-hybridized carbons (Fsp3) is 0.234. The third-order valence-electron chi connectivity index (χ3n) is 13.5. The second kappa shape index (κ2) is 13.6. The Morgan fingerprint density at radius 1 is 0.918 bits per heavy atom. The number of allylic oxidation sites excluding steroid dienone is 2. The topological polar surface area (TPSA) is 139 Å². The van der Waals surface area contributed by atoms with Gasteiger partial charge in [0.05, 0.1) is 33.7 Å². The third-order valence-corrected chi connectivity index (χ3v) is 15.5. The van der Waals surface area contributed by atoms with Gasteiger partial charge in [-0.3, -0.25) is 28.8 Å². The fourth-order valence-corrected chi connectivity index (χ4v) is 12.2. The molecule has 4 aromatic carbocycles. The van der Waals surface area contributed by atoms with E-state index in [2.05, 4.69) is 20.9 Å². The molecule has 4 amide bonds.